The SMILES string of the molecule is O=C(O)CN1C(=O)C(=Cc2cc(OCCCc3ccc(Cl)cc3)ccc2OCCCc2ccc(Cl)cc2)SC1=S. The number of hydrogen-bond acceptors (Lipinski definition) is 6. The molecule has 1 amide bonds. The van der Waals surface area contributed by atoms with Crippen LogP contribution in [0.1, 0.15) is 29.5 Å². The van der Waals surface area contributed by atoms with E-state index in [1.54, 1.807) is 6.08 Å². The van der Waals surface area contributed by atoms with E-state index in [0.717, 1.165) is 47.9 Å². The predicted molar refractivity (Wildman–Crippen MR) is 164 cm³/mol. The highest BCUT2D eigenvalue weighted by molar-refractivity contribution is 8.26. The molecule has 4 rings (SSSR count). The van der Waals surface area contributed by atoms with E-state index in [2.05, 4.69) is 0 Å². The van der Waals surface area contributed by atoms with Crippen LogP contribution in [0.3, 0.4) is 0 Å². The van der Waals surface area contributed by atoms with Gasteiger partial charge in [-0.25, -0.2) is 0 Å². The van der Waals surface area contributed by atoms with Gasteiger partial charge in [-0.05, 0) is 85.4 Å². The molecule has 1 aliphatic rings. The lowest BCUT2D eigenvalue weighted by Crippen LogP contribution is -2.33. The van der Waals surface area contributed by atoms with Gasteiger partial charge in [0.15, 0.2) is 0 Å². The number of aliphatic carboxylic acids is 1. The minimum absolute atomic E-state index is 0.207. The lowest BCUT2D eigenvalue weighted by molar-refractivity contribution is -0.140. The summed E-state index contributed by atoms with van der Waals surface area (Å²) in [4.78, 5) is 25.4. The van der Waals surface area contributed by atoms with Crippen LogP contribution in [-0.4, -0.2) is 46.0 Å². The average Bonchev–Trinajstić information content (AvgIpc) is 3.19. The summed E-state index contributed by atoms with van der Waals surface area (Å²) in [6.07, 6.45) is 4.95. The number of carboxylic acids is 1. The van der Waals surface area contributed by atoms with Crippen molar-refractivity contribution in [2.24, 2.45) is 0 Å². The molecule has 1 fully saturated rings. The molecule has 1 heterocycles. The predicted octanol–water partition coefficient (Wildman–Crippen LogP) is 7.30. The molecular weight excluding hydrogens is 589 g/mol. The molecule has 40 heavy (non-hydrogen) atoms. The van der Waals surface area contributed by atoms with Gasteiger partial charge < -0.3 is 14.6 Å². The summed E-state index contributed by atoms with van der Waals surface area (Å²) in [5.41, 5.74) is 3.00. The van der Waals surface area contributed by atoms with Gasteiger partial charge in [0.25, 0.3) is 5.91 Å². The van der Waals surface area contributed by atoms with Crippen LogP contribution in [-0.2, 0) is 22.4 Å². The van der Waals surface area contributed by atoms with Crippen molar-refractivity contribution in [2.75, 3.05) is 19.8 Å². The number of hydrogen-bond donors (Lipinski definition) is 1. The minimum Gasteiger partial charge on any atom is -0.494 e. The number of benzene rings is 3. The van der Waals surface area contributed by atoms with Crippen LogP contribution in [0.25, 0.3) is 6.08 Å². The molecular formula is C30H27Cl2NO5S2. The summed E-state index contributed by atoms with van der Waals surface area (Å²) in [5.74, 6) is -0.346. The number of carboxylic acid groups (broad SMARTS) is 1. The van der Waals surface area contributed by atoms with Crippen molar-refractivity contribution in [1.29, 1.82) is 0 Å². The second kappa shape index (κ2) is 14.6. The third kappa shape index (κ3) is 8.73. The number of rotatable bonds is 13. The quantitative estimate of drug-likeness (QED) is 0.123. The second-order valence-electron chi connectivity index (χ2n) is 9.02. The highest BCUT2D eigenvalue weighted by Gasteiger charge is 2.33. The Morgan fingerprint density at radius 1 is 0.900 bits per heavy atom. The second-order valence-corrected chi connectivity index (χ2v) is 11.6. The number of carbonyl (C=O) groups excluding carboxylic acids is 1. The van der Waals surface area contributed by atoms with Crippen LogP contribution in [0.2, 0.25) is 10.0 Å². The van der Waals surface area contributed by atoms with Gasteiger partial charge in [-0.15, -0.1) is 0 Å². The van der Waals surface area contributed by atoms with Gasteiger partial charge in [-0.1, -0.05) is 71.4 Å². The van der Waals surface area contributed by atoms with Crippen molar-refractivity contribution in [3.05, 3.63) is 98.4 Å². The molecule has 0 radical (unpaired) electrons. The van der Waals surface area contributed by atoms with Crippen molar-refractivity contribution < 1.29 is 24.2 Å². The maximum Gasteiger partial charge on any atom is 0.323 e. The molecule has 208 valence electrons. The number of aryl methyl sites for hydroxylation is 2. The number of nitrogens with zero attached hydrogens (tertiary/aromatic N) is 1. The molecule has 10 heteroatoms. The normalized spacial score (nSPS) is 14.2. The van der Waals surface area contributed by atoms with Gasteiger partial charge in [0, 0.05) is 15.6 Å². The molecule has 3 aromatic carbocycles. The van der Waals surface area contributed by atoms with E-state index in [4.69, 9.17) is 50.0 Å². The lowest BCUT2D eigenvalue weighted by atomic mass is 10.1. The molecule has 0 aliphatic carbocycles. The van der Waals surface area contributed by atoms with E-state index in [0.29, 0.717) is 45.2 Å². The summed E-state index contributed by atoms with van der Waals surface area (Å²) < 4.78 is 12.3. The van der Waals surface area contributed by atoms with E-state index < -0.39 is 18.4 Å². The van der Waals surface area contributed by atoms with Crippen LogP contribution in [0, 0.1) is 0 Å². The molecule has 1 aliphatic heterocycles. The lowest BCUT2D eigenvalue weighted by Gasteiger charge is -2.13. The van der Waals surface area contributed by atoms with E-state index in [1.165, 1.54) is 5.56 Å². The number of halogens is 2. The Kier molecular flexibility index (Phi) is 10.9. The smallest absolute Gasteiger partial charge is 0.323 e. The summed E-state index contributed by atoms with van der Waals surface area (Å²) in [5, 5.41) is 10.5. The number of thioether (sulfide) groups is 1. The Morgan fingerprint density at radius 3 is 2.05 bits per heavy atom. The first-order valence-electron chi connectivity index (χ1n) is 12.6. The third-order valence-electron chi connectivity index (χ3n) is 6.01. The van der Waals surface area contributed by atoms with Gasteiger partial charge in [0.1, 0.15) is 22.4 Å². The Bertz CT molecular complexity index is 1390. The zero-order valence-corrected chi connectivity index (χ0v) is 24.6. The fourth-order valence-corrected chi connectivity index (χ4v) is 5.50. The highest BCUT2D eigenvalue weighted by atomic mass is 35.5. The highest BCUT2D eigenvalue weighted by Crippen LogP contribution is 2.35. The minimum atomic E-state index is -1.13. The Labute approximate surface area is 252 Å². The van der Waals surface area contributed by atoms with Crippen molar-refractivity contribution >= 4 is 69.5 Å². The summed E-state index contributed by atoms with van der Waals surface area (Å²) in [6, 6.07) is 20.9. The van der Waals surface area contributed by atoms with Gasteiger partial charge >= 0.3 is 5.97 Å². The third-order valence-corrected chi connectivity index (χ3v) is 7.89. The van der Waals surface area contributed by atoms with Gasteiger partial charge in [-0.2, -0.15) is 0 Å². The van der Waals surface area contributed by atoms with Crippen LogP contribution in [0.4, 0.5) is 0 Å². The number of carbonyl (C=O) groups is 2. The first kappa shape index (κ1) is 29.9. The fourth-order valence-electron chi connectivity index (χ4n) is 4.00. The summed E-state index contributed by atoms with van der Waals surface area (Å²) in [6.45, 7) is 0.488. The van der Waals surface area contributed by atoms with E-state index in [9.17, 15) is 9.59 Å². The van der Waals surface area contributed by atoms with E-state index in [1.807, 2.05) is 66.7 Å². The molecule has 1 saturated heterocycles. The van der Waals surface area contributed by atoms with Gasteiger partial charge in [0.05, 0.1) is 18.1 Å². The summed E-state index contributed by atoms with van der Waals surface area (Å²) in [7, 11) is 0. The molecule has 0 spiro atoms. The molecule has 6 nitrogen and oxygen atoms in total. The Hall–Kier alpha value is -3.04. The van der Waals surface area contributed by atoms with Crippen LogP contribution in [0.15, 0.2) is 71.6 Å². The summed E-state index contributed by atoms with van der Waals surface area (Å²) >= 11 is 18.2. The maximum absolute atomic E-state index is 12.9. The molecule has 0 saturated carbocycles. The monoisotopic (exact) mass is 615 g/mol. The molecule has 0 atom stereocenters. The first-order valence-corrected chi connectivity index (χ1v) is 14.6. The maximum atomic E-state index is 12.9. The molecule has 0 aromatic heterocycles. The van der Waals surface area contributed by atoms with Crippen LogP contribution < -0.4 is 9.47 Å². The Morgan fingerprint density at radius 2 is 1.48 bits per heavy atom. The largest absolute Gasteiger partial charge is 0.494 e. The van der Waals surface area contributed by atoms with Crippen molar-refractivity contribution in [3.8, 4) is 11.5 Å². The van der Waals surface area contributed by atoms with Crippen molar-refractivity contribution in [3.63, 3.8) is 0 Å². The van der Waals surface area contributed by atoms with Crippen LogP contribution >= 0.6 is 47.2 Å². The number of ether oxygens (including phenoxy) is 2. The average molecular weight is 617 g/mol. The van der Waals surface area contributed by atoms with E-state index >= 15 is 0 Å². The number of thiocarbonyl (C=S) groups is 1. The zero-order valence-electron chi connectivity index (χ0n) is 21.5. The fraction of sp³-hybridized carbons (Fsp3) is 0.233. The molecule has 1 N–H and O–H groups in total. The Balaban J connectivity index is 1.44. The van der Waals surface area contributed by atoms with Crippen molar-refractivity contribution in [1.82, 2.24) is 4.90 Å². The molecule has 3 aromatic rings. The first-order chi connectivity index (χ1) is 19.3. The van der Waals surface area contributed by atoms with E-state index in [-0.39, 0.29) is 4.32 Å². The van der Waals surface area contributed by atoms with Crippen molar-refractivity contribution in [2.45, 2.75) is 25.7 Å². The standard InChI is InChI=1S/C30H27Cl2NO5S2/c31-23-9-5-20(6-10-23)3-1-15-37-25-13-14-26(38-16-2-4-21-7-11-24(32)12-8-21)22(17-25)18-27-29(36)33(19-28(34)35)30(39)40-27/h5-14,17-18H,1-4,15-16,19H2,(H,34,35). The van der Waals surface area contributed by atoms with Gasteiger partial charge in [0.2, 0.25) is 0 Å². The number of amides is 1. The molecule has 0 unspecified atom stereocenters. The van der Waals surface area contributed by atoms with Gasteiger partial charge in [-0.3, -0.25) is 14.5 Å². The zero-order chi connectivity index (χ0) is 28.5. The molecule has 0 bridgehead atoms. The van der Waals surface area contributed by atoms with Crippen LogP contribution in [0.5, 0.6) is 11.5 Å². The topological polar surface area (TPSA) is 76.1 Å².